The smallest absolute Gasteiger partial charge is 0.240 e. The highest BCUT2D eigenvalue weighted by atomic mass is 32.2. The first-order chi connectivity index (χ1) is 19.0. The number of nitriles is 1. The van der Waals surface area contributed by atoms with Crippen molar-refractivity contribution in [3.8, 4) is 23.0 Å². The second-order valence-electron chi connectivity index (χ2n) is 9.36. The molecule has 0 unspecified atom stereocenters. The van der Waals surface area contributed by atoms with Crippen molar-refractivity contribution >= 4 is 43.2 Å². The van der Waals surface area contributed by atoms with Crippen LogP contribution in [0.15, 0.2) is 90.0 Å². The summed E-state index contributed by atoms with van der Waals surface area (Å²) in [5.41, 5.74) is 4.06. The lowest BCUT2D eigenvalue weighted by Crippen LogP contribution is -2.35. The van der Waals surface area contributed by atoms with E-state index in [0.29, 0.717) is 40.5 Å². The van der Waals surface area contributed by atoms with Crippen LogP contribution in [0, 0.1) is 11.3 Å². The van der Waals surface area contributed by atoms with E-state index < -0.39 is 10.0 Å². The number of rotatable bonds is 6. The number of hydrogen-bond acceptors (Lipinski definition) is 6. The third kappa shape index (κ3) is 5.02. The molecule has 0 saturated carbocycles. The van der Waals surface area contributed by atoms with E-state index in [0.717, 1.165) is 35.2 Å². The normalized spacial score (nSPS) is 14.9. The maximum Gasteiger partial charge on any atom is 0.243 e. The maximum absolute atomic E-state index is 13.4. The summed E-state index contributed by atoms with van der Waals surface area (Å²) in [4.78, 5) is 4.91. The second-order valence-corrected chi connectivity index (χ2v) is 12.3. The molecule has 0 aliphatic carbocycles. The Hall–Kier alpha value is -4.10. The Morgan fingerprint density at radius 1 is 0.949 bits per heavy atom. The highest BCUT2D eigenvalue weighted by Crippen LogP contribution is 2.32. The van der Waals surface area contributed by atoms with Gasteiger partial charge in [0.05, 0.1) is 26.4 Å². The Labute approximate surface area is 231 Å². The molecule has 1 aliphatic heterocycles. The fraction of sp³-hybridized carbons (Fsp3) is 0.167. The molecular weight excluding hydrogens is 526 g/mol. The summed E-state index contributed by atoms with van der Waals surface area (Å²) < 4.78 is 31.2. The van der Waals surface area contributed by atoms with Crippen molar-refractivity contribution in [3.63, 3.8) is 0 Å². The zero-order valence-corrected chi connectivity index (χ0v) is 22.7. The third-order valence-electron chi connectivity index (χ3n) is 6.77. The molecule has 3 aromatic carbocycles. The number of aromatic nitrogens is 3. The lowest BCUT2D eigenvalue weighted by Gasteiger charge is -2.26. The largest absolute Gasteiger partial charge is 0.243 e. The number of nitrogens with zero attached hydrogens (tertiary/aromatic N) is 5. The van der Waals surface area contributed by atoms with E-state index in [1.807, 2.05) is 66.9 Å². The summed E-state index contributed by atoms with van der Waals surface area (Å²) >= 11 is 1.46. The Kier molecular flexibility index (Phi) is 6.83. The van der Waals surface area contributed by atoms with Crippen LogP contribution in [0.3, 0.4) is 0 Å². The van der Waals surface area contributed by atoms with Gasteiger partial charge >= 0.3 is 0 Å². The molecule has 0 atom stereocenters. The van der Waals surface area contributed by atoms with Crippen molar-refractivity contribution in [2.75, 3.05) is 13.1 Å². The van der Waals surface area contributed by atoms with E-state index in [1.54, 1.807) is 33.3 Å². The Morgan fingerprint density at radius 3 is 2.49 bits per heavy atom. The van der Waals surface area contributed by atoms with Gasteiger partial charge in [0.1, 0.15) is 16.8 Å². The van der Waals surface area contributed by atoms with Gasteiger partial charge in [-0.3, -0.25) is 0 Å². The van der Waals surface area contributed by atoms with Gasteiger partial charge in [0, 0.05) is 30.4 Å². The first-order valence-corrected chi connectivity index (χ1v) is 15.0. The lowest BCUT2D eigenvalue weighted by atomic mass is 10.1. The Morgan fingerprint density at radius 2 is 1.72 bits per heavy atom. The van der Waals surface area contributed by atoms with E-state index in [4.69, 9.17) is 5.10 Å². The summed E-state index contributed by atoms with van der Waals surface area (Å²) in [5, 5.41) is 15.6. The first-order valence-electron chi connectivity index (χ1n) is 12.8. The van der Waals surface area contributed by atoms with E-state index in [-0.39, 0.29) is 4.90 Å². The van der Waals surface area contributed by atoms with Gasteiger partial charge in [0.2, 0.25) is 10.0 Å². The van der Waals surface area contributed by atoms with Crippen molar-refractivity contribution in [2.45, 2.75) is 24.2 Å². The molecule has 0 N–H and O–H groups in total. The molecule has 9 heteroatoms. The molecule has 0 amide bonds. The molecule has 39 heavy (non-hydrogen) atoms. The number of thiazole rings is 1. The van der Waals surface area contributed by atoms with E-state index in [1.165, 1.54) is 11.3 Å². The number of para-hydroxylation sites is 2. The predicted octanol–water partition coefficient (Wildman–Crippen LogP) is 6.39. The number of sulfonamides is 1. The maximum atomic E-state index is 13.4. The molecule has 0 spiro atoms. The monoisotopic (exact) mass is 551 g/mol. The van der Waals surface area contributed by atoms with E-state index >= 15 is 0 Å². The van der Waals surface area contributed by atoms with Gasteiger partial charge in [0.15, 0.2) is 0 Å². The summed E-state index contributed by atoms with van der Waals surface area (Å²) in [5.74, 6) is 0. The van der Waals surface area contributed by atoms with Crippen LogP contribution in [0.4, 0.5) is 0 Å². The van der Waals surface area contributed by atoms with E-state index in [2.05, 4.69) is 11.1 Å². The topological polar surface area (TPSA) is 91.9 Å². The zero-order chi connectivity index (χ0) is 26.8. The van der Waals surface area contributed by atoms with Gasteiger partial charge in [-0.1, -0.05) is 48.9 Å². The van der Waals surface area contributed by atoms with Crippen molar-refractivity contribution in [3.05, 3.63) is 95.6 Å². The van der Waals surface area contributed by atoms with Gasteiger partial charge in [-0.15, -0.1) is 11.3 Å². The number of allylic oxidation sites excluding steroid dienone is 1. The Bertz CT molecular complexity index is 1790. The molecule has 2 aromatic heterocycles. The van der Waals surface area contributed by atoms with Crippen LogP contribution in [-0.2, 0) is 10.0 Å². The molecule has 6 rings (SSSR count). The first kappa shape index (κ1) is 25.2. The molecule has 194 valence electrons. The highest BCUT2D eigenvalue weighted by molar-refractivity contribution is 7.89. The minimum absolute atomic E-state index is 0.248. The summed E-state index contributed by atoms with van der Waals surface area (Å²) in [6.07, 6.45) is 6.44. The van der Waals surface area contributed by atoms with Crippen LogP contribution < -0.4 is 0 Å². The van der Waals surface area contributed by atoms with Crippen LogP contribution in [0.5, 0.6) is 0 Å². The third-order valence-corrected chi connectivity index (χ3v) is 9.73. The van der Waals surface area contributed by atoms with Crippen LogP contribution in [0.2, 0.25) is 0 Å². The molecule has 1 saturated heterocycles. The lowest BCUT2D eigenvalue weighted by molar-refractivity contribution is 0.346. The minimum atomic E-state index is -3.61. The van der Waals surface area contributed by atoms with Gasteiger partial charge in [-0.05, 0) is 55.3 Å². The SMILES string of the molecule is N#C/C(=C/c1cn(-c2ccccc2)nc1-c1cccc(S(=O)(=O)N2CCCCC2)c1)c1nc2ccccc2s1. The van der Waals surface area contributed by atoms with Crippen molar-refractivity contribution in [1.29, 1.82) is 5.26 Å². The Balaban J connectivity index is 1.47. The van der Waals surface area contributed by atoms with Gasteiger partial charge < -0.3 is 0 Å². The average molecular weight is 552 g/mol. The van der Waals surface area contributed by atoms with Crippen LogP contribution >= 0.6 is 11.3 Å². The fourth-order valence-corrected chi connectivity index (χ4v) is 7.27. The minimum Gasteiger partial charge on any atom is -0.240 e. The molecule has 0 radical (unpaired) electrons. The average Bonchev–Trinajstić information content (AvgIpc) is 3.61. The van der Waals surface area contributed by atoms with E-state index in [9.17, 15) is 13.7 Å². The summed E-state index contributed by atoms with van der Waals surface area (Å²) in [6, 6.07) is 26.7. The van der Waals surface area contributed by atoms with Crippen LogP contribution in [-0.4, -0.2) is 40.6 Å². The number of fused-ring (bicyclic) bond motifs is 1. The summed E-state index contributed by atoms with van der Waals surface area (Å²) in [7, 11) is -3.61. The molecule has 1 aliphatic rings. The molecule has 5 aromatic rings. The predicted molar refractivity (Wildman–Crippen MR) is 155 cm³/mol. The number of benzene rings is 3. The molecule has 0 bridgehead atoms. The molecule has 1 fully saturated rings. The van der Waals surface area contributed by atoms with Gasteiger partial charge in [-0.25, -0.2) is 18.1 Å². The molecule has 3 heterocycles. The number of hydrogen-bond donors (Lipinski definition) is 0. The fourth-order valence-electron chi connectivity index (χ4n) is 4.77. The highest BCUT2D eigenvalue weighted by Gasteiger charge is 2.26. The quantitative estimate of drug-likeness (QED) is 0.228. The van der Waals surface area contributed by atoms with Crippen molar-refractivity contribution < 1.29 is 8.42 Å². The van der Waals surface area contributed by atoms with Gasteiger partial charge in [0.25, 0.3) is 0 Å². The number of piperidine rings is 1. The molecular formula is C30H25N5O2S2. The van der Waals surface area contributed by atoms with Crippen molar-refractivity contribution in [2.24, 2.45) is 0 Å². The molecule has 7 nitrogen and oxygen atoms in total. The van der Waals surface area contributed by atoms with Crippen LogP contribution in [0.25, 0.3) is 38.8 Å². The summed E-state index contributed by atoms with van der Waals surface area (Å²) in [6.45, 7) is 1.08. The zero-order valence-electron chi connectivity index (χ0n) is 21.1. The second kappa shape index (κ2) is 10.6. The van der Waals surface area contributed by atoms with Crippen molar-refractivity contribution in [1.82, 2.24) is 19.1 Å². The van der Waals surface area contributed by atoms with Gasteiger partial charge in [-0.2, -0.15) is 14.7 Å². The standard InChI is InChI=1S/C30H25N5O2S2/c31-20-23(30-32-27-14-5-6-15-28(27)38-30)18-24-21-35(25-11-3-1-4-12-25)33-29(24)22-10-9-13-26(19-22)39(36,37)34-16-7-2-8-17-34/h1,3-6,9-15,18-19,21H,2,7-8,16-17H2/b23-18-. The van der Waals surface area contributed by atoms with Crippen LogP contribution in [0.1, 0.15) is 29.8 Å².